The number of nitrogens with zero attached hydrogens (tertiary/aromatic N) is 3. The molecule has 1 N–H and O–H groups in total. The van der Waals surface area contributed by atoms with E-state index < -0.39 is 0 Å². The lowest BCUT2D eigenvalue weighted by Crippen LogP contribution is -2.19. The SMILES string of the molecule is CCc1cc(-c2nnc(SCC(=O)Nc3sc4c(c3C(=O)OC(C)C)CCCC4)n2CC)cs1. The van der Waals surface area contributed by atoms with Crippen molar-refractivity contribution in [2.24, 2.45) is 0 Å². The van der Waals surface area contributed by atoms with Crippen LogP contribution in [0.2, 0.25) is 0 Å². The number of nitrogens with one attached hydrogen (secondary N) is 1. The standard InChI is InChI=1S/C24H30N4O3S3/c1-5-16-11-15(12-32-16)21-26-27-24(28(21)6-2)33-13-19(29)25-22-20(23(30)31-14(3)4)17-9-7-8-10-18(17)34-22/h11-12,14H,5-10,13H2,1-4H3,(H,25,29). The maximum atomic E-state index is 12.9. The Labute approximate surface area is 212 Å². The van der Waals surface area contributed by atoms with Gasteiger partial charge in [-0.15, -0.1) is 32.9 Å². The lowest BCUT2D eigenvalue weighted by Gasteiger charge is -2.14. The van der Waals surface area contributed by atoms with Gasteiger partial charge in [0.05, 0.1) is 17.4 Å². The van der Waals surface area contributed by atoms with Crippen LogP contribution >= 0.6 is 34.4 Å². The molecule has 0 aromatic carbocycles. The number of amides is 1. The van der Waals surface area contributed by atoms with Gasteiger partial charge < -0.3 is 14.6 Å². The van der Waals surface area contributed by atoms with Crippen molar-refractivity contribution in [3.63, 3.8) is 0 Å². The van der Waals surface area contributed by atoms with Gasteiger partial charge in [0.1, 0.15) is 5.00 Å². The number of esters is 1. The Balaban J connectivity index is 1.48. The molecule has 0 bridgehead atoms. The summed E-state index contributed by atoms with van der Waals surface area (Å²) in [5, 5.41) is 15.1. The fourth-order valence-electron chi connectivity index (χ4n) is 4.01. The molecule has 0 unspecified atom stereocenters. The number of aromatic nitrogens is 3. The maximum Gasteiger partial charge on any atom is 0.341 e. The van der Waals surface area contributed by atoms with Gasteiger partial charge in [0.25, 0.3) is 0 Å². The summed E-state index contributed by atoms with van der Waals surface area (Å²) in [5.74, 6) is 0.489. The van der Waals surface area contributed by atoms with Crippen LogP contribution in [0.1, 0.15) is 66.2 Å². The van der Waals surface area contributed by atoms with E-state index in [1.807, 2.05) is 25.3 Å². The first kappa shape index (κ1) is 24.9. The van der Waals surface area contributed by atoms with E-state index in [4.69, 9.17) is 4.74 Å². The Bertz CT molecular complexity index is 1180. The van der Waals surface area contributed by atoms with Crippen molar-refractivity contribution in [1.82, 2.24) is 14.8 Å². The minimum absolute atomic E-state index is 0.168. The number of rotatable bonds is 9. The van der Waals surface area contributed by atoms with E-state index in [0.29, 0.717) is 22.3 Å². The Kier molecular flexibility index (Phi) is 8.10. The third kappa shape index (κ3) is 5.39. The molecule has 1 aliphatic rings. The zero-order chi connectivity index (χ0) is 24.2. The number of thiophene rings is 2. The fraction of sp³-hybridized carbons (Fsp3) is 0.500. The van der Waals surface area contributed by atoms with Gasteiger partial charge in [0, 0.05) is 27.2 Å². The van der Waals surface area contributed by atoms with E-state index in [1.165, 1.54) is 32.9 Å². The summed E-state index contributed by atoms with van der Waals surface area (Å²) in [6, 6.07) is 2.15. The first-order chi connectivity index (χ1) is 16.4. The maximum absolute atomic E-state index is 12.9. The first-order valence-corrected chi connectivity index (χ1v) is 14.4. The molecule has 3 heterocycles. The van der Waals surface area contributed by atoms with Crippen LogP contribution in [0.4, 0.5) is 5.00 Å². The number of fused-ring (bicyclic) bond motifs is 1. The average Bonchev–Trinajstić information content (AvgIpc) is 3.52. The predicted molar refractivity (Wildman–Crippen MR) is 139 cm³/mol. The van der Waals surface area contributed by atoms with Gasteiger partial charge in [-0.3, -0.25) is 4.79 Å². The smallest absolute Gasteiger partial charge is 0.341 e. The Hall–Kier alpha value is -2.17. The number of carbonyl (C=O) groups excluding carboxylic acids is 2. The molecule has 3 aromatic rings. The molecular weight excluding hydrogens is 488 g/mol. The molecule has 0 atom stereocenters. The molecule has 0 spiro atoms. The van der Waals surface area contributed by atoms with Gasteiger partial charge in [-0.1, -0.05) is 18.7 Å². The van der Waals surface area contributed by atoms with Gasteiger partial charge in [-0.25, -0.2) is 4.79 Å². The molecule has 34 heavy (non-hydrogen) atoms. The molecule has 0 saturated heterocycles. The number of carbonyl (C=O) groups is 2. The molecule has 4 rings (SSSR count). The highest BCUT2D eigenvalue weighted by atomic mass is 32.2. The van der Waals surface area contributed by atoms with E-state index in [9.17, 15) is 9.59 Å². The topological polar surface area (TPSA) is 86.1 Å². The van der Waals surface area contributed by atoms with Crippen LogP contribution in [-0.4, -0.2) is 38.5 Å². The summed E-state index contributed by atoms with van der Waals surface area (Å²) >= 11 is 4.58. The summed E-state index contributed by atoms with van der Waals surface area (Å²) in [4.78, 5) is 28.2. The molecule has 7 nitrogen and oxygen atoms in total. The Morgan fingerprint density at radius 1 is 1.24 bits per heavy atom. The highest BCUT2D eigenvalue weighted by Crippen LogP contribution is 2.39. The number of aryl methyl sites for hydroxylation is 2. The van der Waals surface area contributed by atoms with Crippen LogP contribution in [0.15, 0.2) is 16.6 Å². The predicted octanol–water partition coefficient (Wildman–Crippen LogP) is 5.83. The van der Waals surface area contributed by atoms with Crippen molar-refractivity contribution in [3.05, 3.63) is 32.3 Å². The monoisotopic (exact) mass is 518 g/mol. The van der Waals surface area contributed by atoms with Gasteiger partial charge >= 0.3 is 5.97 Å². The number of hydrogen-bond donors (Lipinski definition) is 1. The summed E-state index contributed by atoms with van der Waals surface area (Å²) in [6.07, 6.45) is 4.73. The van der Waals surface area contributed by atoms with Crippen molar-refractivity contribution >= 4 is 51.3 Å². The zero-order valence-electron chi connectivity index (χ0n) is 20.0. The Morgan fingerprint density at radius 3 is 2.74 bits per heavy atom. The molecular formula is C24H30N4O3S3. The third-order valence-electron chi connectivity index (χ3n) is 5.60. The number of thioether (sulfide) groups is 1. The van der Waals surface area contributed by atoms with Crippen LogP contribution < -0.4 is 5.32 Å². The number of ether oxygens (including phenoxy) is 1. The van der Waals surface area contributed by atoms with Crippen molar-refractivity contribution in [1.29, 1.82) is 0 Å². The summed E-state index contributed by atoms with van der Waals surface area (Å²) in [6.45, 7) is 8.57. The van der Waals surface area contributed by atoms with Crippen molar-refractivity contribution in [2.45, 2.75) is 77.6 Å². The van der Waals surface area contributed by atoms with Crippen molar-refractivity contribution in [3.8, 4) is 11.4 Å². The lowest BCUT2D eigenvalue weighted by molar-refractivity contribution is -0.113. The van der Waals surface area contributed by atoms with Crippen LogP contribution in [0, 0.1) is 0 Å². The first-order valence-electron chi connectivity index (χ1n) is 11.7. The second-order valence-electron chi connectivity index (χ2n) is 8.41. The van der Waals surface area contributed by atoms with E-state index in [0.717, 1.165) is 49.1 Å². The normalized spacial score (nSPS) is 13.2. The summed E-state index contributed by atoms with van der Waals surface area (Å²) < 4.78 is 7.52. The van der Waals surface area contributed by atoms with E-state index in [1.54, 1.807) is 11.3 Å². The van der Waals surface area contributed by atoms with Gasteiger partial charge in [-0.2, -0.15) is 0 Å². The van der Waals surface area contributed by atoms with Crippen LogP contribution in [0.3, 0.4) is 0 Å². The summed E-state index contributed by atoms with van der Waals surface area (Å²) in [5.41, 5.74) is 2.64. The molecule has 0 radical (unpaired) electrons. The van der Waals surface area contributed by atoms with Crippen molar-refractivity contribution < 1.29 is 14.3 Å². The Morgan fingerprint density at radius 2 is 2.03 bits per heavy atom. The molecule has 10 heteroatoms. The van der Waals surface area contributed by atoms with Gasteiger partial charge in [-0.05, 0) is 64.5 Å². The lowest BCUT2D eigenvalue weighted by atomic mass is 9.95. The van der Waals surface area contributed by atoms with Crippen molar-refractivity contribution in [2.75, 3.05) is 11.1 Å². The minimum atomic E-state index is -0.352. The highest BCUT2D eigenvalue weighted by Gasteiger charge is 2.28. The average molecular weight is 519 g/mol. The second kappa shape index (κ2) is 11.0. The quantitative estimate of drug-likeness (QED) is 0.284. The van der Waals surface area contributed by atoms with E-state index >= 15 is 0 Å². The molecule has 0 saturated carbocycles. The molecule has 1 amide bonds. The molecule has 1 aliphatic carbocycles. The molecule has 0 aliphatic heterocycles. The summed E-state index contributed by atoms with van der Waals surface area (Å²) in [7, 11) is 0. The zero-order valence-corrected chi connectivity index (χ0v) is 22.4. The molecule has 0 fully saturated rings. The number of hydrogen-bond acceptors (Lipinski definition) is 8. The second-order valence-corrected chi connectivity index (χ2v) is 11.5. The number of anilines is 1. The van der Waals surface area contributed by atoms with Crippen LogP contribution in [0.25, 0.3) is 11.4 Å². The largest absolute Gasteiger partial charge is 0.459 e. The van der Waals surface area contributed by atoms with Crippen LogP contribution in [-0.2, 0) is 35.3 Å². The van der Waals surface area contributed by atoms with E-state index in [-0.39, 0.29) is 23.7 Å². The highest BCUT2D eigenvalue weighted by molar-refractivity contribution is 7.99. The molecule has 182 valence electrons. The minimum Gasteiger partial charge on any atom is -0.459 e. The van der Waals surface area contributed by atoms with Gasteiger partial charge in [0.2, 0.25) is 5.91 Å². The van der Waals surface area contributed by atoms with Crippen LogP contribution in [0.5, 0.6) is 0 Å². The van der Waals surface area contributed by atoms with Gasteiger partial charge in [0.15, 0.2) is 11.0 Å². The fourth-order valence-corrected chi connectivity index (χ4v) is 6.92. The van der Waals surface area contributed by atoms with E-state index in [2.05, 4.69) is 33.9 Å². The molecule has 3 aromatic heterocycles. The third-order valence-corrected chi connectivity index (χ3v) is 8.85.